The number of hydrogen-bond donors (Lipinski definition) is 2. The Hall–Kier alpha value is -2.85. The van der Waals surface area contributed by atoms with Gasteiger partial charge in [-0.2, -0.15) is 0 Å². The van der Waals surface area contributed by atoms with Crippen molar-refractivity contribution in [2.45, 2.75) is 45.1 Å². The highest BCUT2D eigenvalue weighted by Gasteiger charge is 2.27. The van der Waals surface area contributed by atoms with Gasteiger partial charge in [0.15, 0.2) is 5.13 Å². The van der Waals surface area contributed by atoms with Crippen molar-refractivity contribution < 1.29 is 19.1 Å². The predicted octanol–water partition coefficient (Wildman–Crippen LogP) is 2.39. The molecule has 33 heavy (non-hydrogen) atoms. The lowest BCUT2D eigenvalue weighted by Gasteiger charge is -2.28. The molecule has 9 nitrogen and oxygen atoms in total. The third-order valence-corrected chi connectivity index (χ3v) is 6.32. The molecule has 1 saturated carbocycles. The number of carbonyl (C=O) groups is 3. The molecule has 178 valence electrons. The summed E-state index contributed by atoms with van der Waals surface area (Å²) in [5.41, 5.74) is 1.49. The van der Waals surface area contributed by atoms with Gasteiger partial charge >= 0.3 is 0 Å². The van der Waals surface area contributed by atoms with Gasteiger partial charge in [-0.3, -0.25) is 19.4 Å². The third kappa shape index (κ3) is 8.21. The fraction of sp³-hybridized carbons (Fsp3) is 0.522. The highest BCUT2D eigenvalue weighted by Crippen LogP contribution is 2.25. The summed E-state index contributed by atoms with van der Waals surface area (Å²) in [7, 11) is 1.58. The first kappa shape index (κ1) is 24.8. The van der Waals surface area contributed by atoms with Crippen molar-refractivity contribution in [1.82, 2.24) is 20.2 Å². The summed E-state index contributed by atoms with van der Waals surface area (Å²) >= 11 is 1.25. The van der Waals surface area contributed by atoms with Crippen LogP contribution in [0.1, 0.15) is 43.4 Å². The summed E-state index contributed by atoms with van der Waals surface area (Å²) in [6.45, 7) is 1.10. The van der Waals surface area contributed by atoms with E-state index < -0.39 is 0 Å². The second kappa shape index (κ2) is 13.0. The van der Waals surface area contributed by atoms with Gasteiger partial charge in [0.05, 0.1) is 18.7 Å². The molecule has 1 aliphatic rings. The Morgan fingerprint density at radius 2 is 2.03 bits per heavy atom. The Balaban J connectivity index is 1.48. The number of nitrogens with zero attached hydrogens (tertiary/aromatic N) is 3. The van der Waals surface area contributed by atoms with Gasteiger partial charge in [0.1, 0.15) is 6.54 Å². The molecule has 2 N–H and O–H groups in total. The van der Waals surface area contributed by atoms with Crippen molar-refractivity contribution in [2.75, 3.05) is 32.1 Å². The Morgan fingerprint density at radius 1 is 1.21 bits per heavy atom. The van der Waals surface area contributed by atoms with Gasteiger partial charge in [0.2, 0.25) is 17.7 Å². The van der Waals surface area contributed by atoms with Crippen LogP contribution in [0.5, 0.6) is 0 Å². The minimum atomic E-state index is -0.308. The van der Waals surface area contributed by atoms with E-state index in [4.69, 9.17) is 4.74 Å². The summed E-state index contributed by atoms with van der Waals surface area (Å²) in [4.78, 5) is 47.6. The molecule has 2 heterocycles. The second-order valence-electron chi connectivity index (χ2n) is 8.09. The lowest BCUT2D eigenvalue weighted by Crippen LogP contribution is -2.43. The number of nitrogens with one attached hydrogen (secondary N) is 2. The predicted molar refractivity (Wildman–Crippen MR) is 126 cm³/mol. The SMILES string of the molecule is COCCN(CC(=O)Nc1nc(CC(=O)NCc2cccnc2)cs1)C(=O)C1CCCCC1. The van der Waals surface area contributed by atoms with Crippen LogP contribution in [0.3, 0.4) is 0 Å². The van der Waals surface area contributed by atoms with Crippen LogP contribution < -0.4 is 10.6 Å². The molecule has 0 radical (unpaired) electrons. The van der Waals surface area contributed by atoms with Gasteiger partial charge in [-0.05, 0) is 24.5 Å². The molecule has 2 aromatic heterocycles. The standard InChI is InChI=1S/C23H31N5O4S/c1-32-11-10-28(22(31)18-7-3-2-4-8-18)15-21(30)27-23-26-19(16-33-23)12-20(29)25-14-17-6-5-9-24-13-17/h5-6,9,13,16,18H,2-4,7-8,10-12,14-15H2,1H3,(H,25,29)(H,26,27,30). The largest absolute Gasteiger partial charge is 0.383 e. The van der Waals surface area contributed by atoms with Gasteiger partial charge in [0, 0.05) is 43.9 Å². The number of thiazole rings is 1. The van der Waals surface area contributed by atoms with Gasteiger partial charge in [-0.15, -0.1) is 11.3 Å². The molecular formula is C23H31N5O4S. The number of pyridine rings is 1. The maximum Gasteiger partial charge on any atom is 0.245 e. The molecule has 3 rings (SSSR count). The van der Waals surface area contributed by atoms with Crippen molar-refractivity contribution in [3.63, 3.8) is 0 Å². The molecule has 0 unspecified atom stereocenters. The number of rotatable bonds is 11. The number of anilines is 1. The fourth-order valence-electron chi connectivity index (χ4n) is 3.78. The minimum absolute atomic E-state index is 0.0138. The van der Waals surface area contributed by atoms with E-state index in [-0.39, 0.29) is 36.6 Å². The van der Waals surface area contributed by atoms with Crippen LogP contribution in [-0.2, 0) is 32.1 Å². The van der Waals surface area contributed by atoms with Crippen molar-refractivity contribution in [3.8, 4) is 0 Å². The number of aromatic nitrogens is 2. The van der Waals surface area contributed by atoms with E-state index in [9.17, 15) is 14.4 Å². The Labute approximate surface area is 197 Å². The summed E-state index contributed by atoms with van der Waals surface area (Å²) in [5, 5.41) is 7.74. The lowest BCUT2D eigenvalue weighted by atomic mass is 9.88. The van der Waals surface area contributed by atoms with E-state index in [2.05, 4.69) is 20.6 Å². The smallest absolute Gasteiger partial charge is 0.245 e. The van der Waals surface area contributed by atoms with E-state index in [1.165, 1.54) is 11.3 Å². The zero-order valence-corrected chi connectivity index (χ0v) is 19.7. The summed E-state index contributed by atoms with van der Waals surface area (Å²) in [6.07, 6.45) is 8.52. The highest BCUT2D eigenvalue weighted by molar-refractivity contribution is 7.13. The normalized spacial score (nSPS) is 14.0. The van der Waals surface area contributed by atoms with Crippen molar-refractivity contribution >= 4 is 34.2 Å². The van der Waals surface area contributed by atoms with E-state index in [0.717, 1.165) is 37.7 Å². The van der Waals surface area contributed by atoms with Crippen molar-refractivity contribution in [1.29, 1.82) is 0 Å². The molecule has 0 saturated heterocycles. The van der Waals surface area contributed by atoms with Crippen LogP contribution in [0.15, 0.2) is 29.9 Å². The maximum atomic E-state index is 12.9. The van der Waals surface area contributed by atoms with E-state index in [1.807, 2.05) is 12.1 Å². The molecule has 0 spiro atoms. The highest BCUT2D eigenvalue weighted by atomic mass is 32.1. The van der Waals surface area contributed by atoms with Gasteiger partial charge in [-0.1, -0.05) is 25.3 Å². The van der Waals surface area contributed by atoms with Crippen LogP contribution in [-0.4, -0.2) is 59.4 Å². The van der Waals surface area contributed by atoms with Crippen molar-refractivity contribution in [2.24, 2.45) is 5.92 Å². The quantitative estimate of drug-likeness (QED) is 0.518. The number of methoxy groups -OCH3 is 1. The van der Waals surface area contributed by atoms with Crippen molar-refractivity contribution in [3.05, 3.63) is 41.2 Å². The zero-order chi connectivity index (χ0) is 23.5. The first-order valence-electron chi connectivity index (χ1n) is 11.2. The van der Waals surface area contributed by atoms with Crippen LogP contribution in [0.2, 0.25) is 0 Å². The molecule has 3 amide bonds. The maximum absolute atomic E-state index is 12.9. The number of amides is 3. The molecule has 10 heteroatoms. The molecule has 0 aromatic carbocycles. The van der Waals surface area contributed by atoms with E-state index >= 15 is 0 Å². The van der Waals surface area contributed by atoms with Crippen LogP contribution in [0, 0.1) is 5.92 Å². The number of ether oxygens (including phenoxy) is 1. The van der Waals surface area contributed by atoms with E-state index in [0.29, 0.717) is 30.5 Å². The summed E-state index contributed by atoms with van der Waals surface area (Å²) in [5.74, 6) is -0.463. The second-order valence-corrected chi connectivity index (χ2v) is 8.95. The Kier molecular flexibility index (Phi) is 9.77. The number of hydrogen-bond acceptors (Lipinski definition) is 7. The molecule has 0 atom stereocenters. The average Bonchev–Trinajstić information content (AvgIpc) is 3.27. The van der Waals surface area contributed by atoms with Crippen LogP contribution in [0.4, 0.5) is 5.13 Å². The Bertz CT molecular complexity index is 915. The summed E-state index contributed by atoms with van der Waals surface area (Å²) in [6, 6.07) is 3.70. The fourth-order valence-corrected chi connectivity index (χ4v) is 4.51. The zero-order valence-electron chi connectivity index (χ0n) is 18.9. The Morgan fingerprint density at radius 3 is 2.76 bits per heavy atom. The molecule has 1 fully saturated rings. The molecule has 0 bridgehead atoms. The van der Waals surface area contributed by atoms with Crippen LogP contribution >= 0.6 is 11.3 Å². The lowest BCUT2D eigenvalue weighted by molar-refractivity contribution is -0.139. The third-order valence-electron chi connectivity index (χ3n) is 5.52. The topological polar surface area (TPSA) is 114 Å². The molecule has 2 aromatic rings. The summed E-state index contributed by atoms with van der Waals surface area (Å²) < 4.78 is 5.12. The van der Waals surface area contributed by atoms with Gasteiger partial charge < -0.3 is 20.3 Å². The molecule has 0 aliphatic heterocycles. The first-order chi connectivity index (χ1) is 16.0. The molecule has 1 aliphatic carbocycles. The van der Waals surface area contributed by atoms with Gasteiger partial charge in [-0.25, -0.2) is 4.98 Å². The van der Waals surface area contributed by atoms with E-state index in [1.54, 1.807) is 29.8 Å². The minimum Gasteiger partial charge on any atom is -0.383 e. The number of carbonyl (C=O) groups excluding carboxylic acids is 3. The average molecular weight is 474 g/mol. The monoisotopic (exact) mass is 473 g/mol. The first-order valence-corrected chi connectivity index (χ1v) is 12.1. The van der Waals surface area contributed by atoms with Gasteiger partial charge in [0.25, 0.3) is 0 Å². The van der Waals surface area contributed by atoms with Crippen LogP contribution in [0.25, 0.3) is 0 Å². The molecular weight excluding hydrogens is 442 g/mol.